The van der Waals surface area contributed by atoms with E-state index in [1.165, 1.54) is 37.7 Å². The van der Waals surface area contributed by atoms with Gasteiger partial charge < -0.3 is 5.32 Å². The Hall–Kier alpha value is -0.830. The summed E-state index contributed by atoms with van der Waals surface area (Å²) in [7, 11) is 2.00. The Morgan fingerprint density at radius 2 is 2.06 bits per heavy atom. The van der Waals surface area contributed by atoms with Crippen LogP contribution in [0.2, 0.25) is 0 Å². The zero-order valence-corrected chi connectivity index (χ0v) is 11.8. The van der Waals surface area contributed by atoms with Crippen molar-refractivity contribution in [3.8, 4) is 0 Å². The zero-order valence-electron chi connectivity index (χ0n) is 11.8. The van der Waals surface area contributed by atoms with Gasteiger partial charge >= 0.3 is 0 Å². The molecule has 1 aromatic rings. The second-order valence-corrected chi connectivity index (χ2v) is 4.85. The second-order valence-electron chi connectivity index (χ2n) is 4.85. The average molecular weight is 237 g/mol. The molecule has 0 spiro atoms. The third-order valence-corrected chi connectivity index (χ3v) is 3.16. The summed E-state index contributed by atoms with van der Waals surface area (Å²) < 4.78 is 1.92. The van der Waals surface area contributed by atoms with E-state index in [4.69, 9.17) is 0 Å². The van der Waals surface area contributed by atoms with E-state index >= 15 is 0 Å². The molecule has 0 aliphatic carbocycles. The van der Waals surface area contributed by atoms with Crippen LogP contribution < -0.4 is 5.32 Å². The lowest BCUT2D eigenvalue weighted by Gasteiger charge is -2.17. The average Bonchev–Trinajstić information content (AvgIpc) is 2.63. The van der Waals surface area contributed by atoms with Gasteiger partial charge in [-0.1, -0.05) is 33.1 Å². The van der Waals surface area contributed by atoms with Crippen molar-refractivity contribution in [1.82, 2.24) is 15.1 Å². The summed E-state index contributed by atoms with van der Waals surface area (Å²) >= 11 is 0. The maximum absolute atomic E-state index is 4.44. The van der Waals surface area contributed by atoms with Crippen molar-refractivity contribution in [3.63, 3.8) is 0 Å². The van der Waals surface area contributed by atoms with Crippen LogP contribution in [-0.2, 0) is 7.05 Å². The van der Waals surface area contributed by atoms with Crippen molar-refractivity contribution in [2.24, 2.45) is 7.05 Å². The minimum atomic E-state index is 0.482. The molecule has 3 nitrogen and oxygen atoms in total. The minimum absolute atomic E-state index is 0.482. The number of aromatic nitrogens is 2. The van der Waals surface area contributed by atoms with Gasteiger partial charge in [0.2, 0.25) is 0 Å². The highest BCUT2D eigenvalue weighted by Crippen LogP contribution is 2.22. The van der Waals surface area contributed by atoms with E-state index in [1.54, 1.807) is 0 Å². The van der Waals surface area contributed by atoms with Crippen LogP contribution in [0, 0.1) is 6.92 Å². The van der Waals surface area contributed by atoms with Crippen LogP contribution in [0.25, 0.3) is 0 Å². The fourth-order valence-electron chi connectivity index (χ4n) is 2.24. The van der Waals surface area contributed by atoms with E-state index in [-0.39, 0.29) is 0 Å². The number of hydrogen-bond donors (Lipinski definition) is 1. The Morgan fingerprint density at radius 1 is 1.29 bits per heavy atom. The molecule has 1 rings (SSSR count). The Morgan fingerprint density at radius 3 is 2.59 bits per heavy atom. The van der Waals surface area contributed by atoms with Crippen LogP contribution in [0.5, 0.6) is 0 Å². The fourth-order valence-corrected chi connectivity index (χ4v) is 2.24. The maximum Gasteiger partial charge on any atom is 0.0641 e. The summed E-state index contributed by atoms with van der Waals surface area (Å²) in [5, 5.41) is 8.09. The number of nitrogens with zero attached hydrogens (tertiary/aromatic N) is 2. The minimum Gasteiger partial charge on any atom is -0.310 e. The highest BCUT2D eigenvalue weighted by atomic mass is 15.3. The Balaban J connectivity index is 2.64. The van der Waals surface area contributed by atoms with E-state index in [9.17, 15) is 0 Å². The molecule has 0 aromatic carbocycles. The van der Waals surface area contributed by atoms with Gasteiger partial charge in [0.25, 0.3) is 0 Å². The molecule has 0 fully saturated rings. The SMILES string of the molecule is CCCCCC(NCCC)c1cn(C)nc1C. The molecule has 0 amide bonds. The molecule has 17 heavy (non-hydrogen) atoms. The van der Waals surface area contributed by atoms with E-state index in [2.05, 4.69) is 37.4 Å². The van der Waals surface area contributed by atoms with Crippen LogP contribution in [0.4, 0.5) is 0 Å². The summed E-state index contributed by atoms with van der Waals surface area (Å²) in [6.07, 6.45) is 8.47. The van der Waals surface area contributed by atoms with Crippen molar-refractivity contribution in [2.75, 3.05) is 6.54 Å². The molecule has 1 unspecified atom stereocenters. The lowest BCUT2D eigenvalue weighted by molar-refractivity contribution is 0.473. The van der Waals surface area contributed by atoms with Gasteiger partial charge in [-0.05, 0) is 26.3 Å². The molecular weight excluding hydrogens is 210 g/mol. The van der Waals surface area contributed by atoms with Crippen LogP contribution >= 0.6 is 0 Å². The maximum atomic E-state index is 4.44. The van der Waals surface area contributed by atoms with Gasteiger partial charge in [-0.2, -0.15) is 5.10 Å². The normalized spacial score (nSPS) is 12.9. The molecule has 1 aromatic heterocycles. The first-order valence-corrected chi connectivity index (χ1v) is 6.92. The fraction of sp³-hybridized carbons (Fsp3) is 0.786. The molecule has 0 radical (unpaired) electrons. The van der Waals surface area contributed by atoms with Crippen LogP contribution in [0.15, 0.2) is 6.20 Å². The predicted molar refractivity (Wildman–Crippen MR) is 73.1 cm³/mol. The van der Waals surface area contributed by atoms with Gasteiger partial charge in [0, 0.05) is 24.8 Å². The van der Waals surface area contributed by atoms with E-state index in [0.717, 1.165) is 12.2 Å². The first kappa shape index (κ1) is 14.2. The first-order chi connectivity index (χ1) is 8.19. The van der Waals surface area contributed by atoms with Crippen LogP contribution in [-0.4, -0.2) is 16.3 Å². The van der Waals surface area contributed by atoms with Gasteiger partial charge in [0.15, 0.2) is 0 Å². The molecule has 1 N–H and O–H groups in total. The van der Waals surface area contributed by atoms with Crippen molar-refractivity contribution in [1.29, 1.82) is 0 Å². The summed E-state index contributed by atoms with van der Waals surface area (Å²) in [5.41, 5.74) is 2.54. The Kier molecular flexibility index (Phi) is 6.27. The third-order valence-electron chi connectivity index (χ3n) is 3.16. The molecule has 98 valence electrons. The molecule has 0 bridgehead atoms. The number of hydrogen-bond acceptors (Lipinski definition) is 2. The van der Waals surface area contributed by atoms with Crippen molar-refractivity contribution < 1.29 is 0 Å². The number of nitrogens with one attached hydrogen (secondary N) is 1. The van der Waals surface area contributed by atoms with Gasteiger partial charge in [-0.15, -0.1) is 0 Å². The quantitative estimate of drug-likeness (QED) is 0.703. The highest BCUT2D eigenvalue weighted by Gasteiger charge is 2.15. The smallest absolute Gasteiger partial charge is 0.0641 e. The lowest BCUT2D eigenvalue weighted by atomic mass is 10.0. The van der Waals surface area contributed by atoms with Crippen molar-refractivity contribution in [3.05, 3.63) is 17.5 Å². The monoisotopic (exact) mass is 237 g/mol. The van der Waals surface area contributed by atoms with Crippen molar-refractivity contribution in [2.45, 2.75) is 58.9 Å². The summed E-state index contributed by atoms with van der Waals surface area (Å²) in [6.45, 7) is 7.66. The molecule has 0 aliphatic heterocycles. The first-order valence-electron chi connectivity index (χ1n) is 6.92. The van der Waals surface area contributed by atoms with Gasteiger partial charge in [-0.25, -0.2) is 0 Å². The summed E-state index contributed by atoms with van der Waals surface area (Å²) in [5.74, 6) is 0. The summed E-state index contributed by atoms with van der Waals surface area (Å²) in [6, 6.07) is 0.482. The second kappa shape index (κ2) is 7.49. The van der Waals surface area contributed by atoms with Gasteiger partial charge in [0.1, 0.15) is 0 Å². The number of rotatable bonds is 8. The molecule has 0 saturated carbocycles. The molecule has 1 heterocycles. The highest BCUT2D eigenvalue weighted by molar-refractivity contribution is 5.19. The van der Waals surface area contributed by atoms with E-state index in [0.29, 0.717) is 6.04 Å². The number of aryl methyl sites for hydroxylation is 2. The number of unbranched alkanes of at least 4 members (excludes halogenated alkanes) is 2. The predicted octanol–water partition coefficient (Wildman–Crippen LogP) is 3.35. The largest absolute Gasteiger partial charge is 0.310 e. The van der Waals surface area contributed by atoms with Crippen LogP contribution in [0.1, 0.15) is 63.3 Å². The molecular formula is C14H27N3. The van der Waals surface area contributed by atoms with E-state index < -0.39 is 0 Å². The molecule has 1 atom stereocenters. The molecule has 0 saturated heterocycles. The van der Waals surface area contributed by atoms with E-state index in [1.807, 2.05) is 11.7 Å². The standard InChI is InChI=1S/C14H27N3/c1-5-7-8-9-14(15-10-6-2)13-11-17(4)16-12(13)3/h11,14-15H,5-10H2,1-4H3. The Labute approximate surface area is 106 Å². The molecule has 0 aliphatic rings. The lowest BCUT2D eigenvalue weighted by Crippen LogP contribution is -2.22. The van der Waals surface area contributed by atoms with Crippen LogP contribution in [0.3, 0.4) is 0 Å². The van der Waals surface area contributed by atoms with Gasteiger partial charge in [0.05, 0.1) is 5.69 Å². The molecule has 3 heteroatoms. The third kappa shape index (κ3) is 4.50. The van der Waals surface area contributed by atoms with Crippen molar-refractivity contribution >= 4 is 0 Å². The Bertz CT molecular complexity index is 317. The topological polar surface area (TPSA) is 29.9 Å². The summed E-state index contributed by atoms with van der Waals surface area (Å²) in [4.78, 5) is 0. The van der Waals surface area contributed by atoms with Gasteiger partial charge in [-0.3, -0.25) is 4.68 Å². The zero-order chi connectivity index (χ0) is 12.7.